The van der Waals surface area contributed by atoms with Gasteiger partial charge in [0.15, 0.2) is 0 Å². The molecule has 2 aromatic carbocycles. The molecule has 0 aliphatic rings. The molecule has 0 atom stereocenters. The Balaban J connectivity index is 1.84. The number of anilines is 3. The first-order valence-corrected chi connectivity index (χ1v) is 8.29. The highest BCUT2D eigenvalue weighted by atomic mass is 35.5. The van der Waals surface area contributed by atoms with Crippen molar-refractivity contribution in [2.45, 2.75) is 6.54 Å². The topological polar surface area (TPSA) is 93.0 Å². The standard InChI is InChI=1S/C17H13Cl2N5O2/c18-12-3-1-11(2-4-12)9-20-16-15(24(25)26)17(22-10-21-16)23-14-7-5-13(19)6-8-14/h1-8,10H,9H2,(H2,20,21,22,23). The Morgan fingerprint density at radius 1 is 0.923 bits per heavy atom. The number of hydrogen-bond donors (Lipinski definition) is 2. The highest BCUT2D eigenvalue weighted by Crippen LogP contribution is 2.31. The van der Waals surface area contributed by atoms with Crippen LogP contribution in [0.5, 0.6) is 0 Å². The van der Waals surface area contributed by atoms with Gasteiger partial charge in [0.2, 0.25) is 11.6 Å². The predicted molar refractivity (Wildman–Crippen MR) is 102 cm³/mol. The summed E-state index contributed by atoms with van der Waals surface area (Å²) in [5.41, 5.74) is 1.30. The lowest BCUT2D eigenvalue weighted by Gasteiger charge is -2.10. The molecule has 0 bridgehead atoms. The van der Waals surface area contributed by atoms with E-state index in [9.17, 15) is 10.1 Å². The van der Waals surface area contributed by atoms with Crippen LogP contribution < -0.4 is 10.6 Å². The third-order valence-electron chi connectivity index (χ3n) is 3.49. The minimum atomic E-state index is -0.525. The van der Waals surface area contributed by atoms with Gasteiger partial charge in [-0.1, -0.05) is 35.3 Å². The first-order chi connectivity index (χ1) is 12.5. The number of rotatable bonds is 6. The maximum absolute atomic E-state index is 11.5. The Bertz CT molecular complexity index is 917. The van der Waals surface area contributed by atoms with E-state index in [0.717, 1.165) is 5.56 Å². The summed E-state index contributed by atoms with van der Waals surface area (Å²) in [6.45, 7) is 0.357. The number of hydrogen-bond acceptors (Lipinski definition) is 6. The number of halogens is 2. The van der Waals surface area contributed by atoms with Crippen LogP contribution in [-0.2, 0) is 6.54 Å². The van der Waals surface area contributed by atoms with Gasteiger partial charge in [-0.2, -0.15) is 0 Å². The summed E-state index contributed by atoms with van der Waals surface area (Å²) < 4.78 is 0. The van der Waals surface area contributed by atoms with Crippen molar-refractivity contribution in [3.8, 4) is 0 Å². The summed E-state index contributed by atoms with van der Waals surface area (Å²) >= 11 is 11.7. The summed E-state index contributed by atoms with van der Waals surface area (Å²) in [6.07, 6.45) is 1.26. The van der Waals surface area contributed by atoms with E-state index in [2.05, 4.69) is 20.6 Å². The molecule has 0 amide bonds. The zero-order valence-electron chi connectivity index (χ0n) is 13.3. The summed E-state index contributed by atoms with van der Waals surface area (Å²) in [5, 5.41) is 18.6. The van der Waals surface area contributed by atoms with Gasteiger partial charge in [0.25, 0.3) is 0 Å². The number of benzene rings is 2. The molecule has 0 saturated carbocycles. The lowest BCUT2D eigenvalue weighted by molar-refractivity contribution is -0.383. The number of nitrogens with zero attached hydrogens (tertiary/aromatic N) is 3. The molecule has 3 rings (SSSR count). The Morgan fingerprint density at radius 3 is 2.12 bits per heavy atom. The van der Waals surface area contributed by atoms with Crippen molar-refractivity contribution < 1.29 is 4.92 Å². The van der Waals surface area contributed by atoms with Crippen molar-refractivity contribution in [1.29, 1.82) is 0 Å². The van der Waals surface area contributed by atoms with Gasteiger partial charge in [-0.15, -0.1) is 0 Å². The van der Waals surface area contributed by atoms with Gasteiger partial charge in [0, 0.05) is 22.3 Å². The van der Waals surface area contributed by atoms with Crippen molar-refractivity contribution in [2.75, 3.05) is 10.6 Å². The van der Waals surface area contributed by atoms with E-state index in [1.807, 2.05) is 12.1 Å². The molecule has 7 nitrogen and oxygen atoms in total. The van der Waals surface area contributed by atoms with E-state index in [0.29, 0.717) is 22.3 Å². The normalized spacial score (nSPS) is 10.4. The average molecular weight is 390 g/mol. The third kappa shape index (κ3) is 4.38. The molecule has 0 saturated heterocycles. The van der Waals surface area contributed by atoms with E-state index in [4.69, 9.17) is 23.2 Å². The smallest absolute Gasteiger partial charge is 0.353 e. The molecular weight excluding hydrogens is 377 g/mol. The molecule has 2 N–H and O–H groups in total. The van der Waals surface area contributed by atoms with Crippen LogP contribution in [0, 0.1) is 10.1 Å². The molecule has 0 spiro atoms. The molecule has 1 aromatic heterocycles. The molecule has 0 radical (unpaired) electrons. The lowest BCUT2D eigenvalue weighted by atomic mass is 10.2. The Morgan fingerprint density at radius 2 is 1.50 bits per heavy atom. The van der Waals surface area contributed by atoms with Crippen molar-refractivity contribution in [1.82, 2.24) is 9.97 Å². The van der Waals surface area contributed by atoms with Crippen molar-refractivity contribution >= 4 is 46.2 Å². The van der Waals surface area contributed by atoms with E-state index >= 15 is 0 Å². The van der Waals surface area contributed by atoms with Gasteiger partial charge in [-0.05, 0) is 42.0 Å². The maximum Gasteiger partial charge on any atom is 0.353 e. The van der Waals surface area contributed by atoms with Gasteiger partial charge in [-0.3, -0.25) is 10.1 Å². The van der Waals surface area contributed by atoms with Gasteiger partial charge in [-0.25, -0.2) is 9.97 Å². The zero-order valence-corrected chi connectivity index (χ0v) is 14.8. The Labute approximate surface area is 159 Å². The van der Waals surface area contributed by atoms with Crippen molar-refractivity contribution in [3.63, 3.8) is 0 Å². The van der Waals surface area contributed by atoms with Crippen LogP contribution in [0.4, 0.5) is 23.0 Å². The average Bonchev–Trinajstić information content (AvgIpc) is 2.63. The molecule has 9 heteroatoms. The van der Waals surface area contributed by atoms with Crippen LogP contribution in [-0.4, -0.2) is 14.9 Å². The number of nitrogens with one attached hydrogen (secondary N) is 2. The molecule has 1 heterocycles. The molecule has 3 aromatic rings. The minimum Gasteiger partial charge on any atom is -0.360 e. The molecular formula is C17H13Cl2N5O2. The van der Waals surface area contributed by atoms with Crippen LogP contribution in [0.25, 0.3) is 0 Å². The fraction of sp³-hybridized carbons (Fsp3) is 0.0588. The van der Waals surface area contributed by atoms with Crippen LogP contribution in [0.3, 0.4) is 0 Å². The summed E-state index contributed by atoms with van der Waals surface area (Å²) in [4.78, 5) is 19.0. The second kappa shape index (κ2) is 7.99. The van der Waals surface area contributed by atoms with Crippen molar-refractivity contribution in [2.24, 2.45) is 0 Å². The fourth-order valence-corrected chi connectivity index (χ4v) is 2.48. The van der Waals surface area contributed by atoms with Crippen molar-refractivity contribution in [3.05, 3.63) is 80.6 Å². The number of aromatic nitrogens is 2. The zero-order chi connectivity index (χ0) is 18.5. The van der Waals surface area contributed by atoms with E-state index in [1.54, 1.807) is 36.4 Å². The molecule has 26 heavy (non-hydrogen) atoms. The molecule has 0 aliphatic carbocycles. The quantitative estimate of drug-likeness (QED) is 0.452. The largest absolute Gasteiger partial charge is 0.360 e. The SMILES string of the molecule is O=[N+]([O-])c1c(NCc2ccc(Cl)cc2)ncnc1Nc1ccc(Cl)cc1. The first kappa shape index (κ1) is 17.9. The lowest BCUT2D eigenvalue weighted by Crippen LogP contribution is -2.08. The monoisotopic (exact) mass is 389 g/mol. The second-order valence-electron chi connectivity index (χ2n) is 5.29. The summed E-state index contributed by atoms with van der Waals surface area (Å²) in [7, 11) is 0. The van der Waals surface area contributed by atoms with Crippen LogP contribution in [0.2, 0.25) is 10.0 Å². The van der Waals surface area contributed by atoms with E-state index < -0.39 is 4.92 Å². The fourth-order valence-electron chi connectivity index (χ4n) is 2.23. The van der Waals surface area contributed by atoms with E-state index in [1.165, 1.54) is 6.33 Å². The second-order valence-corrected chi connectivity index (χ2v) is 6.16. The van der Waals surface area contributed by atoms with Gasteiger partial charge >= 0.3 is 5.69 Å². The molecule has 0 aliphatic heterocycles. The van der Waals surface area contributed by atoms with Crippen LogP contribution in [0.1, 0.15) is 5.56 Å². The third-order valence-corrected chi connectivity index (χ3v) is 3.99. The molecule has 0 fully saturated rings. The molecule has 0 unspecified atom stereocenters. The number of nitro groups is 1. The first-order valence-electron chi connectivity index (χ1n) is 7.53. The van der Waals surface area contributed by atoms with Crippen LogP contribution in [0.15, 0.2) is 54.9 Å². The minimum absolute atomic E-state index is 0.0888. The van der Waals surface area contributed by atoms with Gasteiger partial charge < -0.3 is 10.6 Å². The van der Waals surface area contributed by atoms with Gasteiger partial charge in [0.05, 0.1) is 4.92 Å². The summed E-state index contributed by atoms with van der Waals surface area (Å²) in [5.74, 6) is 0.211. The Kier molecular flexibility index (Phi) is 5.50. The highest BCUT2D eigenvalue weighted by molar-refractivity contribution is 6.30. The summed E-state index contributed by atoms with van der Waals surface area (Å²) in [6, 6.07) is 13.9. The van der Waals surface area contributed by atoms with E-state index in [-0.39, 0.29) is 17.3 Å². The van der Waals surface area contributed by atoms with Crippen LogP contribution >= 0.6 is 23.2 Å². The maximum atomic E-state index is 11.5. The molecule has 132 valence electrons. The van der Waals surface area contributed by atoms with Gasteiger partial charge in [0.1, 0.15) is 6.33 Å². The Hall–Kier alpha value is -2.90. The highest BCUT2D eigenvalue weighted by Gasteiger charge is 2.23. The predicted octanol–water partition coefficient (Wildman–Crippen LogP) is 5.05.